The third kappa shape index (κ3) is 8.65. The Hall–Kier alpha value is -6.06. The molecule has 16 heteroatoms. The van der Waals surface area contributed by atoms with Gasteiger partial charge in [-0.15, -0.1) is 0 Å². The quantitative estimate of drug-likeness (QED) is 0.117. The predicted octanol–water partition coefficient (Wildman–Crippen LogP) is 3.10. The van der Waals surface area contributed by atoms with Gasteiger partial charge in [0.2, 0.25) is 0 Å². The first-order chi connectivity index (χ1) is 23.0. The van der Waals surface area contributed by atoms with Crippen LogP contribution < -0.4 is 0 Å². The van der Waals surface area contributed by atoms with Gasteiger partial charge in [-0.1, -0.05) is 50.3 Å². The van der Waals surface area contributed by atoms with Crippen LogP contribution in [0.2, 0.25) is 0 Å². The number of esters is 6. The summed E-state index contributed by atoms with van der Waals surface area (Å²) in [4.78, 5) is 73.3. The molecule has 2 unspecified atom stereocenters. The van der Waals surface area contributed by atoms with E-state index in [4.69, 9.17) is 37.9 Å². The number of allylic oxidation sites excluding steroid dienone is 8. The number of aliphatic hydroxyl groups excluding tert-OH is 2. The summed E-state index contributed by atoms with van der Waals surface area (Å²) in [5.41, 5.74) is -1.43. The zero-order valence-corrected chi connectivity index (χ0v) is 26.8. The molecule has 2 atom stereocenters. The lowest BCUT2D eigenvalue weighted by Gasteiger charge is -2.36. The highest BCUT2D eigenvalue weighted by molar-refractivity contribution is 6.16. The number of rotatable bonds is 9. The van der Waals surface area contributed by atoms with Crippen molar-refractivity contribution in [1.82, 2.24) is 0 Å². The number of hydrogen-bond donors (Lipinski definition) is 2. The van der Waals surface area contributed by atoms with Crippen molar-refractivity contribution in [3.05, 3.63) is 94.9 Å². The number of ether oxygens (including phenoxy) is 8. The fourth-order valence-corrected chi connectivity index (χ4v) is 4.08. The molecule has 0 aliphatic carbocycles. The smallest absolute Gasteiger partial charge is 0.348 e. The zero-order chi connectivity index (χ0) is 36.1. The number of cyclic esters (lactones) is 6. The molecule has 4 aliphatic rings. The highest BCUT2D eigenvalue weighted by Gasteiger charge is 2.44. The van der Waals surface area contributed by atoms with Gasteiger partial charge in [0.15, 0.2) is 0 Å². The van der Waals surface area contributed by atoms with Crippen LogP contribution in [-0.2, 0) is 66.7 Å². The lowest BCUT2D eigenvalue weighted by molar-refractivity contribution is -0.243. The van der Waals surface area contributed by atoms with Crippen molar-refractivity contribution in [3.8, 4) is 0 Å². The van der Waals surface area contributed by atoms with Crippen LogP contribution in [0.15, 0.2) is 94.9 Å². The molecule has 4 heterocycles. The van der Waals surface area contributed by atoms with Crippen molar-refractivity contribution in [3.63, 3.8) is 0 Å². The van der Waals surface area contributed by atoms with Crippen molar-refractivity contribution in [1.29, 1.82) is 0 Å². The fourth-order valence-electron chi connectivity index (χ4n) is 4.08. The number of aliphatic hydroxyl groups is 2. The van der Waals surface area contributed by atoms with E-state index in [1.54, 1.807) is 13.8 Å². The van der Waals surface area contributed by atoms with E-state index in [9.17, 15) is 39.0 Å². The summed E-state index contributed by atoms with van der Waals surface area (Å²) in [6, 6.07) is 0. The van der Waals surface area contributed by atoms with Crippen molar-refractivity contribution in [2.75, 3.05) is 0 Å². The average molecular weight is 685 g/mol. The van der Waals surface area contributed by atoms with Gasteiger partial charge in [0, 0.05) is 26.7 Å². The van der Waals surface area contributed by atoms with Crippen LogP contribution in [0, 0.1) is 5.92 Å². The van der Waals surface area contributed by atoms with Crippen LogP contribution in [0.3, 0.4) is 0 Å². The molecule has 0 aromatic heterocycles. The maximum atomic E-state index is 12.5. The summed E-state index contributed by atoms with van der Waals surface area (Å²) in [5, 5.41) is 20.5. The first kappa shape index (κ1) is 35.8. The molecule has 0 aromatic carbocycles. The second-order valence-corrected chi connectivity index (χ2v) is 11.4. The first-order valence-corrected chi connectivity index (χ1v) is 14.6. The molecule has 0 amide bonds. The van der Waals surface area contributed by atoms with E-state index < -0.39 is 78.3 Å². The van der Waals surface area contributed by atoms with Crippen molar-refractivity contribution < 1.29 is 76.9 Å². The lowest BCUT2D eigenvalue weighted by atomic mass is 10.0. The van der Waals surface area contributed by atoms with Gasteiger partial charge in [-0.3, -0.25) is 0 Å². The van der Waals surface area contributed by atoms with E-state index >= 15 is 0 Å². The third-order valence-corrected chi connectivity index (χ3v) is 6.94. The highest BCUT2D eigenvalue weighted by atomic mass is 16.8. The molecule has 2 fully saturated rings. The monoisotopic (exact) mass is 684 g/mol. The Morgan fingerprint density at radius 1 is 0.571 bits per heavy atom. The molecule has 0 spiro atoms. The number of carbonyl (C=O) groups excluding carboxylic acids is 6. The summed E-state index contributed by atoms with van der Waals surface area (Å²) < 4.78 is 40.9. The second kappa shape index (κ2) is 14.4. The van der Waals surface area contributed by atoms with Gasteiger partial charge >= 0.3 is 35.8 Å². The Labute approximate surface area is 278 Å². The molecule has 0 saturated carbocycles. The molecule has 4 aliphatic heterocycles. The minimum Gasteiger partial charge on any atom is -0.480 e. The fraction of sp³-hybridized carbons (Fsp3) is 0.333. The van der Waals surface area contributed by atoms with Crippen LogP contribution in [-0.4, -0.2) is 70.2 Å². The number of hydrogen-bond acceptors (Lipinski definition) is 16. The van der Waals surface area contributed by atoms with Crippen molar-refractivity contribution in [2.24, 2.45) is 5.92 Å². The van der Waals surface area contributed by atoms with Crippen LogP contribution in [0.5, 0.6) is 0 Å². The van der Waals surface area contributed by atoms with Gasteiger partial charge in [-0.25, -0.2) is 28.8 Å². The third-order valence-electron chi connectivity index (χ3n) is 6.94. The molecule has 16 nitrogen and oxygen atoms in total. The van der Waals surface area contributed by atoms with E-state index in [0.29, 0.717) is 0 Å². The van der Waals surface area contributed by atoms with E-state index in [-0.39, 0.29) is 28.2 Å². The van der Waals surface area contributed by atoms with Crippen molar-refractivity contribution in [2.45, 2.75) is 65.2 Å². The minimum absolute atomic E-state index is 0.273. The Morgan fingerprint density at radius 3 is 1.33 bits per heavy atom. The molecule has 49 heavy (non-hydrogen) atoms. The molecule has 260 valence electrons. The van der Waals surface area contributed by atoms with Gasteiger partial charge in [-0.05, 0) is 24.3 Å². The maximum Gasteiger partial charge on any atom is 0.348 e. The van der Waals surface area contributed by atoms with E-state index in [1.807, 2.05) is 0 Å². The van der Waals surface area contributed by atoms with Gasteiger partial charge in [0.05, 0.1) is 6.42 Å². The van der Waals surface area contributed by atoms with E-state index in [1.165, 1.54) is 57.2 Å². The summed E-state index contributed by atoms with van der Waals surface area (Å²) in [6.45, 7) is 7.75. The van der Waals surface area contributed by atoms with Crippen molar-refractivity contribution >= 4 is 35.8 Å². The standard InChI is InChI=1S/C33H32O16/c1-17(2)33(5)48-30(40)21(31(41)49-33)15-11-7-9-13-19-26(36)44-23(45-27(19)37)16-22-42-24(34)18(25(35)43-22)12-8-6-10-14-20-28(38)46-32(3,4)47-29(20)39/h6-15,17,22-23,34,36H,16H2,1-5H3/b10-6+,11-7+,12-8+,13-9+,21-15?. The Bertz CT molecular complexity index is 1650. The second-order valence-electron chi connectivity index (χ2n) is 11.4. The lowest BCUT2D eigenvalue weighted by Crippen LogP contribution is -2.47. The van der Waals surface area contributed by atoms with Gasteiger partial charge in [0.25, 0.3) is 36.0 Å². The molecule has 4 rings (SSSR count). The van der Waals surface area contributed by atoms with Gasteiger partial charge < -0.3 is 48.1 Å². The van der Waals surface area contributed by atoms with Gasteiger partial charge in [-0.2, -0.15) is 0 Å². The largest absolute Gasteiger partial charge is 0.480 e. The van der Waals surface area contributed by atoms with E-state index in [2.05, 4.69) is 0 Å². The Kier molecular flexibility index (Phi) is 10.5. The maximum absolute atomic E-state index is 12.5. The first-order valence-electron chi connectivity index (χ1n) is 14.6. The number of carbonyl (C=O) groups is 6. The molecule has 2 N–H and O–H groups in total. The topological polar surface area (TPSA) is 217 Å². The summed E-state index contributed by atoms with van der Waals surface area (Å²) >= 11 is 0. The van der Waals surface area contributed by atoms with Gasteiger partial charge in [0.1, 0.15) is 22.3 Å². The summed E-state index contributed by atoms with van der Waals surface area (Å²) in [5.74, 6) is -10.1. The highest BCUT2D eigenvalue weighted by Crippen LogP contribution is 2.30. The summed E-state index contributed by atoms with van der Waals surface area (Å²) in [6.07, 6.45) is 9.06. The normalized spacial score (nSPS) is 26.1. The average Bonchev–Trinajstić information content (AvgIpc) is 2.96. The Morgan fingerprint density at radius 2 is 0.959 bits per heavy atom. The molecular formula is C33H32O16. The van der Waals surface area contributed by atoms with Crippen LogP contribution >= 0.6 is 0 Å². The van der Waals surface area contributed by atoms with Crippen LogP contribution in [0.4, 0.5) is 0 Å². The molecular weight excluding hydrogens is 652 g/mol. The molecule has 0 bridgehead atoms. The SMILES string of the molecule is CC(C)C1(C)OC(=O)C(=C/C=C/C=C/C2=C(O)OC(CC3OC(=O)C(/C=C/C=C/C=C4C(=O)OC(C)(C)OC4=O)=C(O)O3)OC2=O)C(=O)O1. The molecule has 0 radical (unpaired) electrons. The minimum atomic E-state index is -1.47. The zero-order valence-electron chi connectivity index (χ0n) is 26.8. The Balaban J connectivity index is 1.30. The van der Waals surface area contributed by atoms with Crippen LogP contribution in [0.1, 0.15) is 41.0 Å². The van der Waals surface area contributed by atoms with E-state index in [0.717, 1.165) is 24.3 Å². The predicted molar refractivity (Wildman–Crippen MR) is 160 cm³/mol. The summed E-state index contributed by atoms with van der Waals surface area (Å²) in [7, 11) is 0. The molecule has 2 saturated heterocycles. The molecule has 0 aromatic rings. The van der Waals surface area contributed by atoms with Crippen LogP contribution in [0.25, 0.3) is 0 Å².